The van der Waals surface area contributed by atoms with E-state index in [0.717, 1.165) is 37.5 Å². The van der Waals surface area contributed by atoms with Crippen LogP contribution in [0.4, 0.5) is 0 Å². The SMILES string of the molecule is CO[C@H]1C(OC(C)C)[C@@H](/C(C)=C/P(=O)(O)O)O[C@H]1n1ccc(=O)[nH]c1=O.CO[C@H]1C(OC(C)C)[C@@H](/C=C/P(=O)(O)O)O[C@H]1n1ccc(=O)[nH]c1=O.CO[C@H]1C(OC(C)C)[C@@H](CO)O[C@H]1n1ccc(=O)[nH]c1=O.CO[C@H]1C(OC(C)C)[C@@H](COP(=O)(O)O)O[C@H]1n1ccc(=O)[nH]c1=O. The molecule has 4 aromatic heterocycles. The van der Waals surface area contributed by atoms with Crippen molar-refractivity contribution in [2.45, 2.75) is 185 Å². The lowest BCUT2D eigenvalue weighted by atomic mass is 10.0. The van der Waals surface area contributed by atoms with Gasteiger partial charge >= 0.3 is 45.8 Å². The van der Waals surface area contributed by atoms with Crippen molar-refractivity contribution in [3.05, 3.63) is 156 Å². The van der Waals surface area contributed by atoms with Crippen LogP contribution in [0.3, 0.4) is 0 Å². The number of nitrogens with one attached hydrogen (secondary N) is 4. The summed E-state index contributed by atoms with van der Waals surface area (Å²) in [5.41, 5.74) is -4.60. The van der Waals surface area contributed by atoms with Crippen LogP contribution in [0.15, 0.2) is 111 Å². The zero-order chi connectivity index (χ0) is 72.8. The van der Waals surface area contributed by atoms with Gasteiger partial charge in [-0.25, -0.2) is 23.7 Å². The summed E-state index contributed by atoms with van der Waals surface area (Å²) in [6.45, 7) is 15.2. The topological polar surface area (TPSA) is 532 Å². The van der Waals surface area contributed by atoms with Gasteiger partial charge in [0.1, 0.15) is 73.2 Å². The molecular weight excluding hydrogens is 1360 g/mol. The van der Waals surface area contributed by atoms with Crippen molar-refractivity contribution in [1.82, 2.24) is 38.2 Å². The van der Waals surface area contributed by atoms with Crippen LogP contribution >= 0.6 is 23.0 Å². The molecule has 42 heteroatoms. The number of aromatic amines is 4. The summed E-state index contributed by atoms with van der Waals surface area (Å²) in [6, 6.07) is 4.70. The van der Waals surface area contributed by atoms with Gasteiger partial charge in [-0.15, -0.1) is 0 Å². The molecule has 4 saturated heterocycles. The highest BCUT2D eigenvalue weighted by Gasteiger charge is 2.51. The fourth-order valence-corrected chi connectivity index (χ4v) is 11.9. The van der Waals surface area contributed by atoms with Gasteiger partial charge in [-0.1, -0.05) is 0 Å². The highest BCUT2D eigenvalue weighted by atomic mass is 31.2. The summed E-state index contributed by atoms with van der Waals surface area (Å²) >= 11 is 0. The zero-order valence-corrected chi connectivity index (χ0v) is 57.6. The Labute approximate surface area is 551 Å². The Morgan fingerprint density at radius 2 is 0.794 bits per heavy atom. The van der Waals surface area contributed by atoms with Crippen LogP contribution < -0.4 is 45.0 Å². The van der Waals surface area contributed by atoms with Crippen LogP contribution in [0.25, 0.3) is 0 Å². The van der Waals surface area contributed by atoms with Crippen LogP contribution in [0.1, 0.15) is 87.2 Å². The van der Waals surface area contributed by atoms with Crippen molar-refractivity contribution in [2.24, 2.45) is 0 Å². The predicted octanol–water partition coefficient (Wildman–Crippen LogP) is -1.16. The molecule has 16 atom stereocenters. The number of H-pyrrole nitrogens is 4. The van der Waals surface area contributed by atoms with Gasteiger partial charge in [0.25, 0.3) is 22.2 Å². The molecule has 0 aromatic carbocycles. The first kappa shape index (κ1) is 81.8. The van der Waals surface area contributed by atoms with E-state index < -0.39 is 173 Å². The maximum Gasteiger partial charge on any atom is 0.469 e. The van der Waals surface area contributed by atoms with E-state index in [1.54, 1.807) is 41.5 Å². The largest absolute Gasteiger partial charge is 0.469 e. The molecule has 97 heavy (non-hydrogen) atoms. The summed E-state index contributed by atoms with van der Waals surface area (Å²) in [4.78, 5) is 156. The number of methoxy groups -OCH3 is 4. The molecule has 8 heterocycles. The highest BCUT2D eigenvalue weighted by molar-refractivity contribution is 7.55. The van der Waals surface area contributed by atoms with Gasteiger partial charge in [-0.05, 0) is 74.0 Å². The number of aliphatic hydroxyl groups excluding tert-OH is 1. The Balaban J connectivity index is 0.000000234. The Morgan fingerprint density at radius 3 is 1.12 bits per heavy atom. The lowest BCUT2D eigenvalue weighted by Crippen LogP contribution is -2.41. The molecule has 4 aliphatic heterocycles. The lowest BCUT2D eigenvalue weighted by Gasteiger charge is -2.25. The van der Waals surface area contributed by atoms with E-state index >= 15 is 0 Å². The standard InChI is InChI=1S/C15H23N2O8P.C14H21N2O8P.C13H21N2O9P.C13H20N2O6/c1-8(2)24-12-11(9(3)7-26(20,21)22)25-14(13(12)23-4)17-6-5-10(18)16-15(17)19;1-8(2)23-11-9(5-7-25(19,20)21)24-13(12(11)22-3)16-6-4-10(17)15-14(16)18;1-7(2)23-10-8(6-22-25(18,19)20)24-12(11(10)21-3)15-5-4-9(16)14-13(15)17;1-7(2)20-10-8(6-16)21-12(11(10)19-3)15-5-4-9(17)14-13(15)18/h5-8,11-14H,1-4H3,(H,16,18,19)(H2,20,21,22);4-9,11-13H,1-3H3,(H,15,17,18)(H2,19,20,21);4-5,7-8,10-12H,6H2,1-3H3,(H,14,16,17)(H2,18,19,20);4-5,7-8,10-12,16H,6H2,1-3H3,(H,14,17,18)/b9-7+;7-5+;;/t11-,12?,13+,14-;9-,11?,12+,13-;2*8-,10?,11+,12-/m1111/s1. The van der Waals surface area contributed by atoms with Gasteiger partial charge in [-0.3, -0.25) is 71.0 Å². The van der Waals surface area contributed by atoms with E-state index in [0.29, 0.717) is 0 Å². The monoisotopic (exact) mass is 1450 g/mol. The molecule has 4 fully saturated rings. The van der Waals surface area contributed by atoms with Gasteiger partial charge < -0.3 is 91.3 Å². The van der Waals surface area contributed by atoms with E-state index in [4.69, 9.17) is 76.4 Å². The molecule has 0 aliphatic carbocycles. The average Bonchev–Trinajstić information content (AvgIpc) is 1.67. The molecule has 0 amide bonds. The van der Waals surface area contributed by atoms with Crippen LogP contribution in [0, 0.1) is 0 Å². The number of phosphoric ester groups is 1. The first-order chi connectivity index (χ1) is 45.2. The molecule has 0 radical (unpaired) electrons. The number of hydrogen-bond donors (Lipinski definition) is 11. The van der Waals surface area contributed by atoms with Gasteiger partial charge in [0, 0.05) is 89.1 Å². The fourth-order valence-electron chi connectivity index (χ4n) is 10.5. The summed E-state index contributed by atoms with van der Waals surface area (Å²) in [6.07, 6.45) is -6.82. The number of aromatic nitrogens is 8. The van der Waals surface area contributed by atoms with E-state index in [-0.39, 0.29) is 36.6 Å². The molecular formula is C55H85N8O31P3. The van der Waals surface area contributed by atoms with Crippen molar-refractivity contribution in [3.8, 4) is 0 Å². The first-order valence-corrected chi connectivity index (χ1v) is 34.6. The Bertz CT molecular complexity index is 3920. The zero-order valence-electron chi connectivity index (χ0n) is 54.9. The minimum atomic E-state index is -4.71. The second kappa shape index (κ2) is 35.9. The van der Waals surface area contributed by atoms with Crippen LogP contribution in [0.5, 0.6) is 0 Å². The molecule has 39 nitrogen and oxygen atoms in total. The third kappa shape index (κ3) is 23.3. The van der Waals surface area contributed by atoms with E-state index in [1.807, 2.05) is 13.8 Å². The van der Waals surface area contributed by atoms with Crippen molar-refractivity contribution in [1.29, 1.82) is 0 Å². The molecule has 11 N–H and O–H groups in total. The normalized spacial score (nSPS) is 27.7. The second-order valence-electron chi connectivity index (χ2n) is 22.9. The number of aliphatic hydroxyl groups is 1. The smallest absolute Gasteiger partial charge is 0.394 e. The van der Waals surface area contributed by atoms with E-state index in [1.165, 1.54) is 82.9 Å². The van der Waals surface area contributed by atoms with Crippen LogP contribution in [-0.4, -0.2) is 212 Å². The molecule has 4 aliphatic rings. The maximum atomic E-state index is 12.1. The number of nitrogens with zero attached hydrogens (tertiary/aromatic N) is 4. The molecule has 4 unspecified atom stereocenters. The summed E-state index contributed by atoms with van der Waals surface area (Å²) < 4.78 is 110. The Morgan fingerprint density at radius 1 is 0.474 bits per heavy atom. The van der Waals surface area contributed by atoms with Gasteiger partial charge in [0.05, 0.1) is 37.6 Å². The summed E-state index contributed by atoms with van der Waals surface area (Å²) in [5.74, 6) is 1.53. The molecule has 0 saturated carbocycles. The average molecular weight is 1450 g/mol. The minimum Gasteiger partial charge on any atom is -0.394 e. The number of rotatable bonds is 24. The molecule has 546 valence electrons. The Hall–Kier alpha value is -5.91. The van der Waals surface area contributed by atoms with E-state index in [2.05, 4.69) is 24.5 Å². The molecule has 0 spiro atoms. The van der Waals surface area contributed by atoms with Crippen LogP contribution in [0.2, 0.25) is 0 Å². The first-order valence-electron chi connectivity index (χ1n) is 29.7. The number of hydrogen-bond acceptors (Lipinski definition) is 25. The third-order valence-electron chi connectivity index (χ3n) is 14.2. The quantitative estimate of drug-likeness (QED) is 0.0369. The van der Waals surface area contributed by atoms with Crippen molar-refractivity contribution in [2.75, 3.05) is 41.7 Å². The van der Waals surface area contributed by atoms with Gasteiger partial charge in [-0.2, -0.15) is 0 Å². The van der Waals surface area contributed by atoms with Crippen molar-refractivity contribution < 1.29 is 110 Å². The van der Waals surface area contributed by atoms with Crippen LogP contribution in [-0.2, 0) is 75.1 Å². The maximum absolute atomic E-state index is 12.1. The molecule has 0 bridgehead atoms. The number of phosphoric acid groups is 1. The lowest BCUT2D eigenvalue weighted by molar-refractivity contribution is -0.0847. The van der Waals surface area contributed by atoms with Crippen molar-refractivity contribution >= 4 is 23.0 Å². The number of ether oxygens (including phenoxy) is 12. The fraction of sp³-hybridized carbons (Fsp3) is 0.636. The van der Waals surface area contributed by atoms with Crippen molar-refractivity contribution in [3.63, 3.8) is 0 Å². The minimum absolute atomic E-state index is 0.0867. The summed E-state index contributed by atoms with van der Waals surface area (Å²) in [5, 5.41) is 9.43. The molecule has 4 aromatic rings. The van der Waals surface area contributed by atoms with E-state index in [9.17, 15) is 66.9 Å². The second-order valence-corrected chi connectivity index (χ2v) is 27.1. The highest BCUT2D eigenvalue weighted by Crippen LogP contribution is 2.44. The Kier molecular flexibility index (Phi) is 30.3. The predicted molar refractivity (Wildman–Crippen MR) is 336 cm³/mol. The van der Waals surface area contributed by atoms with Gasteiger partial charge in [0.15, 0.2) is 24.9 Å². The molecule has 8 rings (SSSR count). The van der Waals surface area contributed by atoms with Gasteiger partial charge in [0.2, 0.25) is 0 Å². The summed E-state index contributed by atoms with van der Waals surface area (Å²) in [7, 11) is -7.83. The third-order valence-corrected chi connectivity index (χ3v) is 16.0.